The van der Waals surface area contributed by atoms with E-state index < -0.39 is 10.2 Å². The topological polar surface area (TPSA) is 64.4 Å². The highest BCUT2D eigenvalue weighted by molar-refractivity contribution is 7.87. The van der Waals surface area contributed by atoms with Gasteiger partial charge in [0.15, 0.2) is 5.82 Å². The molecule has 1 aromatic heterocycles. The van der Waals surface area contributed by atoms with E-state index in [2.05, 4.69) is 4.98 Å². The molecule has 0 unspecified atom stereocenters. The lowest BCUT2D eigenvalue weighted by Crippen LogP contribution is -2.30. The lowest BCUT2D eigenvalue weighted by Gasteiger charge is -2.14. The Labute approximate surface area is 108 Å². The number of hydrogen-bond acceptors (Lipinski definition) is 4. The van der Waals surface area contributed by atoms with E-state index in [1.54, 1.807) is 19.9 Å². The summed E-state index contributed by atoms with van der Waals surface area (Å²) < 4.78 is 31.8. The fraction of sp³-hybridized carbons (Fsp3) is 0.545. The van der Waals surface area contributed by atoms with Crippen molar-refractivity contribution in [3.63, 3.8) is 0 Å². The Hall–Kier alpha value is -1.34. The molecule has 0 atom stereocenters. The van der Waals surface area contributed by atoms with Gasteiger partial charge < -0.3 is 4.74 Å². The minimum atomic E-state index is -3.57. The van der Waals surface area contributed by atoms with Crippen LogP contribution in [0.25, 0.3) is 6.08 Å². The molecule has 0 spiro atoms. The summed E-state index contributed by atoms with van der Waals surface area (Å²) in [7, 11) is -0.601. The van der Waals surface area contributed by atoms with Crippen LogP contribution in [0, 0.1) is 13.8 Å². The van der Waals surface area contributed by atoms with E-state index in [9.17, 15) is 8.42 Å². The summed E-state index contributed by atoms with van der Waals surface area (Å²) in [6.45, 7) is 5.87. The van der Waals surface area contributed by atoms with Crippen LogP contribution in [0.4, 0.5) is 0 Å². The molecule has 18 heavy (non-hydrogen) atoms. The Balaban J connectivity index is 3.34. The van der Waals surface area contributed by atoms with Crippen LogP contribution in [0.2, 0.25) is 0 Å². The van der Waals surface area contributed by atoms with Crippen LogP contribution >= 0.6 is 0 Å². The molecule has 0 saturated carbocycles. The summed E-state index contributed by atoms with van der Waals surface area (Å²) in [5.74, 6) is 0.340. The maximum absolute atomic E-state index is 12.2. The number of aryl methyl sites for hydroxylation is 1. The predicted molar refractivity (Wildman–Crippen MR) is 70.4 cm³/mol. The molecule has 0 bridgehead atoms. The molecule has 1 rings (SSSR count). The molecule has 0 fully saturated rings. The summed E-state index contributed by atoms with van der Waals surface area (Å²) in [5, 5.41) is 0. The van der Waals surface area contributed by atoms with Gasteiger partial charge in [0.2, 0.25) is 0 Å². The number of imidazole rings is 1. The maximum atomic E-state index is 12.2. The van der Waals surface area contributed by atoms with E-state index in [0.29, 0.717) is 23.8 Å². The quantitative estimate of drug-likeness (QED) is 0.755. The normalized spacial score (nSPS) is 12.6. The number of aromatic nitrogens is 2. The van der Waals surface area contributed by atoms with Crippen molar-refractivity contribution in [2.45, 2.75) is 20.8 Å². The van der Waals surface area contributed by atoms with Crippen molar-refractivity contribution in [2.24, 2.45) is 0 Å². The lowest BCUT2D eigenvalue weighted by molar-refractivity contribution is 0.272. The number of ether oxygens (including phenoxy) is 1. The number of nitrogens with zero attached hydrogens (tertiary/aromatic N) is 3. The summed E-state index contributed by atoms with van der Waals surface area (Å²) in [5.41, 5.74) is 1.27. The van der Waals surface area contributed by atoms with Crippen LogP contribution in [-0.2, 0) is 14.9 Å². The van der Waals surface area contributed by atoms with Gasteiger partial charge in [-0.25, -0.2) is 8.96 Å². The van der Waals surface area contributed by atoms with E-state index in [-0.39, 0.29) is 0 Å². The Morgan fingerprint density at radius 3 is 2.50 bits per heavy atom. The average molecular weight is 273 g/mol. The largest absolute Gasteiger partial charge is 0.501 e. The molecule has 0 amide bonds. The van der Waals surface area contributed by atoms with Crippen molar-refractivity contribution in [2.75, 3.05) is 20.7 Å². The third-order valence-electron chi connectivity index (χ3n) is 2.49. The van der Waals surface area contributed by atoms with E-state index in [1.807, 2.05) is 6.92 Å². The summed E-state index contributed by atoms with van der Waals surface area (Å²) >= 11 is 0. The van der Waals surface area contributed by atoms with E-state index in [1.165, 1.54) is 24.3 Å². The molecular formula is C11H19N3O3S. The predicted octanol–water partition coefficient (Wildman–Crippen LogP) is 1.16. The molecule has 0 aliphatic rings. The van der Waals surface area contributed by atoms with Crippen molar-refractivity contribution in [1.82, 2.24) is 13.3 Å². The van der Waals surface area contributed by atoms with Gasteiger partial charge in [0.05, 0.1) is 24.3 Å². The molecule has 1 heterocycles. The van der Waals surface area contributed by atoms with Gasteiger partial charge in [-0.3, -0.25) is 0 Å². The first-order chi connectivity index (χ1) is 8.32. The van der Waals surface area contributed by atoms with Crippen LogP contribution in [0.3, 0.4) is 0 Å². The Morgan fingerprint density at radius 2 is 2.00 bits per heavy atom. The van der Waals surface area contributed by atoms with Gasteiger partial charge in [-0.2, -0.15) is 12.7 Å². The molecule has 6 nitrogen and oxygen atoms in total. The minimum Gasteiger partial charge on any atom is -0.501 e. The van der Waals surface area contributed by atoms with Crippen molar-refractivity contribution in [1.29, 1.82) is 0 Å². The first-order valence-corrected chi connectivity index (χ1v) is 6.99. The second kappa shape index (κ2) is 5.53. The van der Waals surface area contributed by atoms with Crippen LogP contribution < -0.4 is 0 Å². The second-order valence-electron chi connectivity index (χ2n) is 3.95. The van der Waals surface area contributed by atoms with Crippen molar-refractivity contribution >= 4 is 16.3 Å². The molecule has 0 N–H and O–H groups in total. The SMILES string of the molecule is CCO/C=C/c1nc(C)c(C)n1S(=O)(=O)N(C)C. The van der Waals surface area contributed by atoms with E-state index >= 15 is 0 Å². The van der Waals surface area contributed by atoms with E-state index in [0.717, 1.165) is 4.31 Å². The highest BCUT2D eigenvalue weighted by Crippen LogP contribution is 2.16. The van der Waals surface area contributed by atoms with Gasteiger partial charge in [-0.05, 0) is 20.8 Å². The Bertz CT molecular complexity index is 544. The van der Waals surface area contributed by atoms with Crippen LogP contribution in [0.1, 0.15) is 24.1 Å². The molecule has 1 aromatic rings. The molecule has 0 radical (unpaired) electrons. The van der Waals surface area contributed by atoms with Gasteiger partial charge >= 0.3 is 10.2 Å². The van der Waals surface area contributed by atoms with Gasteiger partial charge in [0, 0.05) is 20.2 Å². The number of hydrogen-bond donors (Lipinski definition) is 0. The fourth-order valence-corrected chi connectivity index (χ4v) is 2.52. The second-order valence-corrected chi connectivity index (χ2v) is 5.94. The molecule has 0 aliphatic carbocycles. The van der Waals surface area contributed by atoms with Gasteiger partial charge in [0.1, 0.15) is 0 Å². The number of rotatable bonds is 5. The van der Waals surface area contributed by atoms with Crippen molar-refractivity contribution in [3.8, 4) is 0 Å². The third kappa shape index (κ3) is 2.73. The zero-order chi connectivity index (χ0) is 13.9. The van der Waals surface area contributed by atoms with Crippen molar-refractivity contribution in [3.05, 3.63) is 23.5 Å². The first-order valence-electron chi connectivity index (χ1n) is 5.59. The molecular weight excluding hydrogens is 254 g/mol. The zero-order valence-electron chi connectivity index (χ0n) is 11.3. The molecule has 7 heteroatoms. The average Bonchev–Trinajstić information content (AvgIpc) is 2.55. The minimum absolute atomic E-state index is 0.340. The summed E-state index contributed by atoms with van der Waals surface area (Å²) in [4.78, 5) is 4.22. The molecule has 0 aliphatic heterocycles. The standard InChI is InChI=1S/C11H19N3O3S/c1-6-17-8-7-11-12-9(2)10(3)14(11)18(15,16)13(4)5/h7-8H,6H2,1-5H3/b8-7+. The zero-order valence-corrected chi connectivity index (χ0v) is 12.2. The third-order valence-corrected chi connectivity index (χ3v) is 4.34. The monoisotopic (exact) mass is 273 g/mol. The molecule has 102 valence electrons. The van der Waals surface area contributed by atoms with E-state index in [4.69, 9.17) is 4.74 Å². The van der Waals surface area contributed by atoms with Crippen LogP contribution in [-0.4, -0.2) is 42.4 Å². The van der Waals surface area contributed by atoms with Gasteiger partial charge in [-0.15, -0.1) is 0 Å². The van der Waals surface area contributed by atoms with Crippen LogP contribution in [0.5, 0.6) is 0 Å². The van der Waals surface area contributed by atoms with Crippen LogP contribution in [0.15, 0.2) is 6.26 Å². The summed E-state index contributed by atoms with van der Waals surface area (Å²) in [6, 6.07) is 0. The Kier molecular flexibility index (Phi) is 4.53. The van der Waals surface area contributed by atoms with Gasteiger partial charge in [-0.1, -0.05) is 0 Å². The smallest absolute Gasteiger partial charge is 0.308 e. The van der Waals surface area contributed by atoms with Crippen molar-refractivity contribution < 1.29 is 13.2 Å². The maximum Gasteiger partial charge on any atom is 0.308 e. The highest BCUT2D eigenvalue weighted by Gasteiger charge is 2.23. The lowest BCUT2D eigenvalue weighted by atomic mass is 10.4. The summed E-state index contributed by atoms with van der Waals surface area (Å²) in [6.07, 6.45) is 2.99. The first kappa shape index (κ1) is 14.7. The molecule has 0 aromatic carbocycles. The molecule has 0 saturated heterocycles. The Morgan fingerprint density at radius 1 is 1.39 bits per heavy atom. The fourth-order valence-electron chi connectivity index (χ4n) is 1.38. The van der Waals surface area contributed by atoms with Gasteiger partial charge in [0.25, 0.3) is 0 Å². The highest BCUT2D eigenvalue weighted by atomic mass is 32.2.